The van der Waals surface area contributed by atoms with Crippen LogP contribution in [-0.2, 0) is 14.3 Å². The van der Waals surface area contributed by atoms with Gasteiger partial charge in [0.1, 0.15) is 17.8 Å². The van der Waals surface area contributed by atoms with Gasteiger partial charge in [-0.3, -0.25) is 9.59 Å². The van der Waals surface area contributed by atoms with Gasteiger partial charge in [0, 0.05) is 5.56 Å². The number of carbonyl (C=O) groups is 3. The molecule has 0 heterocycles. The van der Waals surface area contributed by atoms with Gasteiger partial charge in [-0.05, 0) is 55.0 Å². The fraction of sp³-hybridized carbons (Fsp3) is 0.550. The second kappa shape index (κ2) is 12.3. The van der Waals surface area contributed by atoms with Crippen molar-refractivity contribution in [1.82, 2.24) is 10.6 Å². The summed E-state index contributed by atoms with van der Waals surface area (Å²) in [6.07, 6.45) is 2.83. The summed E-state index contributed by atoms with van der Waals surface area (Å²) in [4.78, 5) is 37.3. The van der Waals surface area contributed by atoms with Gasteiger partial charge >= 0.3 is 5.97 Å². The van der Waals surface area contributed by atoms with Gasteiger partial charge in [0.05, 0.1) is 14.2 Å². The summed E-state index contributed by atoms with van der Waals surface area (Å²) in [7, 11) is 2.84. The molecular formula is C20H30N2O5S. The molecule has 2 N–H and O–H groups in total. The molecule has 2 amide bonds. The number of esters is 1. The molecule has 8 heteroatoms. The number of carbonyl (C=O) groups excluding carboxylic acids is 3. The Balaban J connectivity index is 2.87. The minimum Gasteiger partial charge on any atom is -0.497 e. The van der Waals surface area contributed by atoms with E-state index in [1.54, 1.807) is 43.1 Å². The maximum absolute atomic E-state index is 12.8. The van der Waals surface area contributed by atoms with E-state index in [1.807, 2.05) is 20.1 Å². The predicted molar refractivity (Wildman–Crippen MR) is 111 cm³/mol. The van der Waals surface area contributed by atoms with Gasteiger partial charge in [-0.15, -0.1) is 0 Å². The molecule has 0 saturated carbocycles. The highest BCUT2D eigenvalue weighted by molar-refractivity contribution is 7.98. The summed E-state index contributed by atoms with van der Waals surface area (Å²) in [6, 6.07) is 5.14. The van der Waals surface area contributed by atoms with Crippen LogP contribution in [0.1, 0.15) is 37.0 Å². The molecule has 0 spiro atoms. The van der Waals surface area contributed by atoms with Crippen LogP contribution in [0.5, 0.6) is 5.75 Å². The summed E-state index contributed by atoms with van der Waals surface area (Å²) < 4.78 is 9.87. The van der Waals surface area contributed by atoms with Crippen LogP contribution in [0.25, 0.3) is 0 Å². The van der Waals surface area contributed by atoms with Crippen LogP contribution < -0.4 is 15.4 Å². The molecule has 28 heavy (non-hydrogen) atoms. The van der Waals surface area contributed by atoms with E-state index < -0.39 is 24.0 Å². The number of benzene rings is 1. The van der Waals surface area contributed by atoms with Crippen molar-refractivity contribution in [2.75, 3.05) is 26.2 Å². The molecule has 0 aliphatic carbocycles. The molecule has 0 aliphatic heterocycles. The minimum atomic E-state index is -0.754. The first kappa shape index (κ1) is 23.8. The Labute approximate surface area is 170 Å². The number of hydrogen-bond donors (Lipinski definition) is 2. The number of methoxy groups -OCH3 is 2. The maximum Gasteiger partial charge on any atom is 0.328 e. The van der Waals surface area contributed by atoms with Crippen molar-refractivity contribution in [3.8, 4) is 5.75 Å². The molecule has 2 unspecified atom stereocenters. The van der Waals surface area contributed by atoms with E-state index in [4.69, 9.17) is 9.47 Å². The molecule has 7 nitrogen and oxygen atoms in total. The van der Waals surface area contributed by atoms with Crippen molar-refractivity contribution in [3.63, 3.8) is 0 Å². The Bertz CT molecular complexity index is 649. The number of rotatable bonds is 11. The van der Waals surface area contributed by atoms with Gasteiger partial charge < -0.3 is 20.1 Å². The largest absolute Gasteiger partial charge is 0.497 e. The SMILES string of the molecule is COC(=O)C(CCSC)NC(=O)C(CC(C)C)NC(=O)c1ccc(OC)cc1. The second-order valence-corrected chi connectivity index (χ2v) is 7.74. The Kier molecular flexibility index (Phi) is 10.4. The van der Waals surface area contributed by atoms with Crippen LogP contribution in [0.2, 0.25) is 0 Å². The standard InChI is InChI=1S/C20H30N2O5S/c1-13(2)12-17(19(24)21-16(10-11-28-5)20(25)27-4)22-18(23)14-6-8-15(26-3)9-7-14/h6-9,13,16-17H,10-12H2,1-5H3,(H,21,24)(H,22,23). The maximum atomic E-state index is 12.8. The quantitative estimate of drug-likeness (QED) is 0.544. The van der Waals surface area contributed by atoms with E-state index >= 15 is 0 Å². The van der Waals surface area contributed by atoms with E-state index in [0.717, 1.165) is 0 Å². The predicted octanol–water partition coefficient (Wildman–Crippen LogP) is 2.25. The Morgan fingerprint density at radius 3 is 2.18 bits per heavy atom. The van der Waals surface area contributed by atoms with Gasteiger partial charge in [-0.25, -0.2) is 4.79 Å². The topological polar surface area (TPSA) is 93.7 Å². The van der Waals surface area contributed by atoms with Crippen LogP contribution in [0.15, 0.2) is 24.3 Å². The smallest absolute Gasteiger partial charge is 0.328 e. The summed E-state index contributed by atoms with van der Waals surface area (Å²) in [5, 5.41) is 5.49. The molecule has 0 saturated heterocycles. The molecule has 0 radical (unpaired) electrons. The lowest BCUT2D eigenvalue weighted by atomic mass is 10.0. The van der Waals surface area contributed by atoms with Crippen molar-refractivity contribution in [2.45, 2.75) is 38.8 Å². The van der Waals surface area contributed by atoms with Crippen LogP contribution in [0.3, 0.4) is 0 Å². The first-order valence-corrected chi connectivity index (χ1v) is 10.5. The highest BCUT2D eigenvalue weighted by atomic mass is 32.2. The minimum absolute atomic E-state index is 0.176. The molecule has 1 aromatic rings. The molecule has 156 valence electrons. The van der Waals surface area contributed by atoms with Gasteiger partial charge in [0.2, 0.25) is 5.91 Å². The highest BCUT2D eigenvalue weighted by Gasteiger charge is 2.27. The average Bonchev–Trinajstić information content (AvgIpc) is 2.69. The van der Waals surface area contributed by atoms with Crippen molar-refractivity contribution >= 4 is 29.5 Å². The lowest BCUT2D eigenvalue weighted by Crippen LogP contribution is -2.52. The highest BCUT2D eigenvalue weighted by Crippen LogP contribution is 2.13. The van der Waals surface area contributed by atoms with E-state index in [0.29, 0.717) is 29.9 Å². The summed E-state index contributed by atoms with van der Waals surface area (Å²) in [5.74, 6) is 0.270. The summed E-state index contributed by atoms with van der Waals surface area (Å²) >= 11 is 1.58. The monoisotopic (exact) mass is 410 g/mol. The third-order valence-electron chi connectivity index (χ3n) is 4.09. The molecule has 1 rings (SSSR count). The Morgan fingerprint density at radius 2 is 1.68 bits per heavy atom. The van der Waals surface area contributed by atoms with Crippen LogP contribution >= 0.6 is 11.8 Å². The summed E-state index contributed by atoms with van der Waals surface area (Å²) in [5.41, 5.74) is 0.425. The number of amides is 2. The normalized spacial score (nSPS) is 12.8. The lowest BCUT2D eigenvalue weighted by molar-refractivity contribution is -0.145. The molecule has 2 atom stereocenters. The van der Waals surface area contributed by atoms with Crippen molar-refractivity contribution in [2.24, 2.45) is 5.92 Å². The summed E-state index contributed by atoms with van der Waals surface area (Å²) in [6.45, 7) is 3.93. The zero-order valence-corrected chi connectivity index (χ0v) is 17.9. The number of nitrogens with one attached hydrogen (secondary N) is 2. The first-order chi connectivity index (χ1) is 13.3. The van der Waals surface area contributed by atoms with Gasteiger partial charge in [0.15, 0.2) is 0 Å². The van der Waals surface area contributed by atoms with Crippen LogP contribution in [0, 0.1) is 5.92 Å². The first-order valence-electron chi connectivity index (χ1n) is 9.14. The third kappa shape index (κ3) is 7.80. The Hall–Kier alpha value is -2.22. The van der Waals surface area contributed by atoms with Gasteiger partial charge in [-0.2, -0.15) is 11.8 Å². The molecule has 0 fully saturated rings. The molecule has 0 aromatic heterocycles. The molecule has 1 aromatic carbocycles. The van der Waals surface area contributed by atoms with Crippen molar-refractivity contribution in [1.29, 1.82) is 0 Å². The lowest BCUT2D eigenvalue weighted by Gasteiger charge is -2.23. The van der Waals surface area contributed by atoms with E-state index in [2.05, 4.69) is 10.6 Å². The Morgan fingerprint density at radius 1 is 1.04 bits per heavy atom. The third-order valence-corrected chi connectivity index (χ3v) is 4.74. The number of thioether (sulfide) groups is 1. The number of hydrogen-bond acceptors (Lipinski definition) is 6. The van der Waals surface area contributed by atoms with E-state index in [1.165, 1.54) is 7.11 Å². The molecular weight excluding hydrogens is 380 g/mol. The van der Waals surface area contributed by atoms with Crippen LogP contribution in [-0.4, -0.2) is 56.1 Å². The fourth-order valence-corrected chi connectivity index (χ4v) is 3.06. The second-order valence-electron chi connectivity index (χ2n) is 6.75. The van der Waals surface area contributed by atoms with E-state index in [9.17, 15) is 14.4 Å². The van der Waals surface area contributed by atoms with Gasteiger partial charge in [0.25, 0.3) is 5.91 Å². The fourth-order valence-electron chi connectivity index (χ4n) is 2.59. The zero-order valence-electron chi connectivity index (χ0n) is 17.1. The molecule has 0 aliphatic rings. The van der Waals surface area contributed by atoms with Crippen molar-refractivity contribution < 1.29 is 23.9 Å². The van der Waals surface area contributed by atoms with Crippen LogP contribution in [0.4, 0.5) is 0 Å². The number of ether oxygens (including phenoxy) is 2. The zero-order chi connectivity index (χ0) is 21.1. The van der Waals surface area contributed by atoms with Crippen molar-refractivity contribution in [3.05, 3.63) is 29.8 Å². The van der Waals surface area contributed by atoms with Gasteiger partial charge in [-0.1, -0.05) is 13.8 Å². The van der Waals surface area contributed by atoms with E-state index in [-0.39, 0.29) is 11.8 Å². The molecule has 0 bridgehead atoms. The average molecular weight is 411 g/mol.